The van der Waals surface area contributed by atoms with Gasteiger partial charge in [-0.2, -0.15) is 0 Å². The molecule has 4 nitrogen and oxygen atoms in total. The average molecular weight is 397 g/mol. The molecule has 0 fully saturated rings. The Balaban J connectivity index is 1.45. The van der Waals surface area contributed by atoms with Crippen molar-refractivity contribution in [1.82, 2.24) is 0 Å². The molecule has 0 radical (unpaired) electrons. The van der Waals surface area contributed by atoms with E-state index in [1.807, 2.05) is 52.1 Å². The zero-order valence-corrected chi connectivity index (χ0v) is 16.4. The third-order valence-electron chi connectivity index (χ3n) is 4.64. The minimum absolute atomic E-state index is 0.0191. The van der Waals surface area contributed by atoms with Crippen LogP contribution in [0.4, 0.5) is 11.4 Å². The number of anilines is 2. The van der Waals surface area contributed by atoms with Gasteiger partial charge < -0.3 is 10.2 Å². The summed E-state index contributed by atoms with van der Waals surface area (Å²) in [6.45, 7) is 0.732. The Kier molecular flexibility index (Phi) is 5.36. The summed E-state index contributed by atoms with van der Waals surface area (Å²) < 4.78 is 0. The van der Waals surface area contributed by atoms with Crippen LogP contribution in [-0.2, 0) is 17.6 Å². The third kappa shape index (κ3) is 4.12. The smallest absolute Gasteiger partial charge is 0.268 e. The molecular formula is C21H20N2O2S2. The molecule has 0 unspecified atom stereocenters. The van der Waals surface area contributed by atoms with Crippen LogP contribution < -0.4 is 10.2 Å². The summed E-state index contributed by atoms with van der Waals surface area (Å²) in [5.74, 6) is 0.0735. The van der Waals surface area contributed by atoms with Gasteiger partial charge in [-0.05, 0) is 65.9 Å². The van der Waals surface area contributed by atoms with Crippen LogP contribution in [0.25, 0.3) is 0 Å². The summed E-state index contributed by atoms with van der Waals surface area (Å²) in [5, 5.41) is 6.94. The molecule has 4 rings (SSSR count). The van der Waals surface area contributed by atoms with Crippen LogP contribution in [0, 0.1) is 0 Å². The Labute approximate surface area is 166 Å². The molecule has 0 bridgehead atoms. The highest BCUT2D eigenvalue weighted by Gasteiger charge is 2.24. The van der Waals surface area contributed by atoms with Crippen molar-refractivity contribution in [3.8, 4) is 0 Å². The van der Waals surface area contributed by atoms with E-state index in [9.17, 15) is 9.59 Å². The van der Waals surface area contributed by atoms with Gasteiger partial charge in [0.15, 0.2) is 0 Å². The second-order valence-corrected chi connectivity index (χ2v) is 8.49. The first-order valence-electron chi connectivity index (χ1n) is 9.01. The minimum Gasteiger partial charge on any atom is -0.326 e. The topological polar surface area (TPSA) is 49.4 Å². The zero-order chi connectivity index (χ0) is 18.6. The molecule has 0 spiro atoms. The number of nitrogens with one attached hydrogen (secondary N) is 1. The number of aryl methyl sites for hydroxylation is 2. The lowest BCUT2D eigenvalue weighted by Gasteiger charge is -2.29. The predicted molar refractivity (Wildman–Crippen MR) is 112 cm³/mol. The van der Waals surface area contributed by atoms with Crippen molar-refractivity contribution in [3.05, 3.63) is 68.5 Å². The lowest BCUT2D eigenvalue weighted by Crippen LogP contribution is -2.35. The van der Waals surface area contributed by atoms with E-state index in [4.69, 9.17) is 0 Å². The lowest BCUT2D eigenvalue weighted by atomic mass is 10.0. The number of rotatable bonds is 5. The van der Waals surface area contributed by atoms with Gasteiger partial charge in [0.25, 0.3) is 5.91 Å². The highest BCUT2D eigenvalue weighted by Crippen LogP contribution is 2.31. The molecule has 2 amide bonds. The lowest BCUT2D eigenvalue weighted by molar-refractivity contribution is -0.116. The van der Waals surface area contributed by atoms with E-state index in [0.717, 1.165) is 47.6 Å². The fourth-order valence-electron chi connectivity index (χ4n) is 3.33. The highest BCUT2D eigenvalue weighted by atomic mass is 32.1. The third-order valence-corrected chi connectivity index (χ3v) is 6.43. The molecule has 1 aromatic carbocycles. The first-order chi connectivity index (χ1) is 13.2. The predicted octanol–water partition coefficient (Wildman–Crippen LogP) is 4.97. The van der Waals surface area contributed by atoms with E-state index in [1.54, 1.807) is 11.3 Å². The molecule has 1 aliphatic heterocycles. The normalized spacial score (nSPS) is 13.3. The van der Waals surface area contributed by atoms with E-state index in [-0.39, 0.29) is 11.8 Å². The van der Waals surface area contributed by atoms with Gasteiger partial charge in [-0.25, -0.2) is 0 Å². The fourth-order valence-corrected chi connectivity index (χ4v) is 4.72. The number of carbonyl (C=O) groups excluding carboxylic acids is 2. The first-order valence-corrected chi connectivity index (χ1v) is 10.8. The van der Waals surface area contributed by atoms with Gasteiger partial charge in [-0.1, -0.05) is 12.1 Å². The number of hydrogen-bond donors (Lipinski definition) is 1. The molecule has 0 saturated carbocycles. The second-order valence-electron chi connectivity index (χ2n) is 6.51. The van der Waals surface area contributed by atoms with Crippen molar-refractivity contribution in [3.63, 3.8) is 0 Å². The molecule has 3 aromatic rings. The monoisotopic (exact) mass is 396 g/mol. The Morgan fingerprint density at radius 2 is 1.93 bits per heavy atom. The second kappa shape index (κ2) is 8.06. The first kappa shape index (κ1) is 17.9. The van der Waals surface area contributed by atoms with E-state index < -0.39 is 0 Å². The zero-order valence-electron chi connectivity index (χ0n) is 14.8. The van der Waals surface area contributed by atoms with Crippen LogP contribution in [0.2, 0.25) is 0 Å². The molecule has 6 heteroatoms. The molecule has 1 aliphatic rings. The fraction of sp³-hybridized carbons (Fsp3) is 0.238. The standard InChI is InChI=1S/C21H20N2O2S2/c24-20(10-8-17-5-2-12-26-17)22-16-7-9-18-15(14-16)4-1-11-23(18)21(25)19-6-3-13-27-19/h2-3,5-7,9,12-14H,1,4,8,10-11H2,(H,22,24). The largest absolute Gasteiger partial charge is 0.326 e. The van der Waals surface area contributed by atoms with Gasteiger partial charge in [-0.15, -0.1) is 22.7 Å². The molecule has 0 atom stereocenters. The maximum atomic E-state index is 12.8. The number of carbonyl (C=O) groups is 2. The Morgan fingerprint density at radius 3 is 2.70 bits per heavy atom. The van der Waals surface area contributed by atoms with Crippen molar-refractivity contribution >= 4 is 45.9 Å². The number of hydrogen-bond acceptors (Lipinski definition) is 4. The van der Waals surface area contributed by atoms with Crippen molar-refractivity contribution in [2.75, 3.05) is 16.8 Å². The number of fused-ring (bicyclic) bond motifs is 1. The van der Waals surface area contributed by atoms with Crippen LogP contribution in [0.3, 0.4) is 0 Å². The summed E-state index contributed by atoms with van der Waals surface area (Å²) in [7, 11) is 0. The van der Waals surface area contributed by atoms with E-state index in [1.165, 1.54) is 16.2 Å². The van der Waals surface area contributed by atoms with Crippen molar-refractivity contribution in [2.45, 2.75) is 25.7 Å². The molecular weight excluding hydrogens is 376 g/mol. The van der Waals surface area contributed by atoms with Gasteiger partial charge in [-0.3, -0.25) is 9.59 Å². The van der Waals surface area contributed by atoms with E-state index >= 15 is 0 Å². The average Bonchev–Trinajstić information content (AvgIpc) is 3.39. The van der Waals surface area contributed by atoms with Gasteiger partial charge in [0.2, 0.25) is 5.91 Å². The van der Waals surface area contributed by atoms with E-state index in [2.05, 4.69) is 11.4 Å². The van der Waals surface area contributed by atoms with Crippen LogP contribution in [-0.4, -0.2) is 18.4 Å². The minimum atomic E-state index is 0.0191. The van der Waals surface area contributed by atoms with Gasteiger partial charge in [0, 0.05) is 29.2 Å². The summed E-state index contributed by atoms with van der Waals surface area (Å²) >= 11 is 3.14. The molecule has 27 heavy (non-hydrogen) atoms. The Hall–Kier alpha value is -2.44. The Bertz CT molecular complexity index is 933. The summed E-state index contributed by atoms with van der Waals surface area (Å²) in [4.78, 5) is 28.8. The van der Waals surface area contributed by atoms with Gasteiger partial charge >= 0.3 is 0 Å². The SMILES string of the molecule is O=C(CCc1cccs1)Nc1ccc2c(c1)CCCN2C(=O)c1cccs1. The molecule has 1 N–H and O–H groups in total. The molecule has 2 aromatic heterocycles. The summed E-state index contributed by atoms with van der Waals surface area (Å²) in [6.07, 6.45) is 3.08. The molecule has 0 saturated heterocycles. The number of amides is 2. The molecule has 0 aliphatic carbocycles. The summed E-state index contributed by atoms with van der Waals surface area (Å²) in [5.41, 5.74) is 2.87. The number of nitrogens with zero attached hydrogens (tertiary/aromatic N) is 1. The van der Waals surface area contributed by atoms with Crippen molar-refractivity contribution < 1.29 is 9.59 Å². The van der Waals surface area contributed by atoms with Crippen molar-refractivity contribution in [1.29, 1.82) is 0 Å². The van der Waals surface area contributed by atoms with Crippen LogP contribution >= 0.6 is 22.7 Å². The quantitative estimate of drug-likeness (QED) is 0.662. The summed E-state index contributed by atoms with van der Waals surface area (Å²) in [6, 6.07) is 13.7. The van der Waals surface area contributed by atoms with Crippen LogP contribution in [0.5, 0.6) is 0 Å². The highest BCUT2D eigenvalue weighted by molar-refractivity contribution is 7.12. The van der Waals surface area contributed by atoms with Crippen molar-refractivity contribution in [2.24, 2.45) is 0 Å². The van der Waals surface area contributed by atoms with Crippen LogP contribution in [0.1, 0.15) is 33.0 Å². The number of benzene rings is 1. The van der Waals surface area contributed by atoms with Crippen LogP contribution in [0.15, 0.2) is 53.2 Å². The maximum Gasteiger partial charge on any atom is 0.268 e. The van der Waals surface area contributed by atoms with Gasteiger partial charge in [0.1, 0.15) is 0 Å². The van der Waals surface area contributed by atoms with Gasteiger partial charge in [0.05, 0.1) is 4.88 Å². The molecule has 3 heterocycles. The Morgan fingerprint density at radius 1 is 1.07 bits per heavy atom. The molecule has 138 valence electrons. The number of thiophene rings is 2. The maximum absolute atomic E-state index is 12.8. The van der Waals surface area contributed by atoms with E-state index in [0.29, 0.717) is 6.42 Å².